The van der Waals surface area contributed by atoms with Gasteiger partial charge in [-0.15, -0.1) is 0 Å². The van der Waals surface area contributed by atoms with Crippen LogP contribution >= 0.6 is 34.8 Å². The number of benzene rings is 3. The van der Waals surface area contributed by atoms with E-state index in [1.165, 1.54) is 0 Å². The van der Waals surface area contributed by atoms with E-state index in [1.807, 2.05) is 36.4 Å². The highest BCUT2D eigenvalue weighted by Crippen LogP contribution is 2.38. The molecule has 4 aromatic rings. The van der Waals surface area contributed by atoms with Crippen LogP contribution in [0, 0.1) is 5.41 Å². The summed E-state index contributed by atoms with van der Waals surface area (Å²) in [4.78, 5) is 3.43. The van der Waals surface area contributed by atoms with Crippen molar-refractivity contribution in [3.05, 3.63) is 63.6 Å². The molecule has 1 aromatic heterocycles. The lowest BCUT2D eigenvalue weighted by atomic mass is 10.0. The first-order chi connectivity index (χ1) is 14.0. The molecular formula is C21H20Cl3N5. The highest BCUT2D eigenvalue weighted by Gasteiger charge is 2.13. The molecule has 0 atom stereocenters. The van der Waals surface area contributed by atoms with E-state index >= 15 is 0 Å². The van der Waals surface area contributed by atoms with Gasteiger partial charge < -0.3 is 21.8 Å². The number of rotatable bonds is 4. The number of aromatic nitrogens is 1. The molecule has 150 valence electrons. The van der Waals surface area contributed by atoms with Gasteiger partial charge in [0.25, 0.3) is 0 Å². The van der Waals surface area contributed by atoms with Gasteiger partial charge >= 0.3 is 0 Å². The highest BCUT2D eigenvalue weighted by molar-refractivity contribution is 6.43. The molecule has 7 N–H and O–H groups in total. The van der Waals surface area contributed by atoms with Gasteiger partial charge in [0.05, 0.1) is 16.4 Å². The first kappa shape index (κ1) is 21.3. The van der Waals surface area contributed by atoms with E-state index in [2.05, 4.69) is 28.2 Å². The van der Waals surface area contributed by atoms with Gasteiger partial charge in [-0.3, -0.25) is 5.41 Å². The molecule has 0 saturated carbocycles. The Morgan fingerprint density at radius 1 is 0.931 bits per heavy atom. The van der Waals surface area contributed by atoms with Crippen LogP contribution in [0.3, 0.4) is 0 Å². The van der Waals surface area contributed by atoms with Crippen LogP contribution in [0.25, 0.3) is 32.9 Å². The molecule has 0 radical (unpaired) electrons. The lowest BCUT2D eigenvalue weighted by Crippen LogP contribution is -2.13. The zero-order chi connectivity index (χ0) is 21.0. The van der Waals surface area contributed by atoms with Crippen molar-refractivity contribution in [2.45, 2.75) is 0 Å². The molecule has 0 aliphatic rings. The van der Waals surface area contributed by atoms with E-state index in [4.69, 9.17) is 45.9 Å². The Kier molecular flexibility index (Phi) is 6.87. The van der Waals surface area contributed by atoms with Crippen LogP contribution in [0.5, 0.6) is 0 Å². The predicted molar refractivity (Wildman–Crippen MR) is 127 cm³/mol. The Labute approximate surface area is 183 Å². The molecule has 0 unspecified atom stereocenters. The van der Waals surface area contributed by atoms with Crippen molar-refractivity contribution >= 4 is 68.6 Å². The summed E-state index contributed by atoms with van der Waals surface area (Å²) in [6, 6.07) is 15.8. The van der Waals surface area contributed by atoms with Gasteiger partial charge in [0.15, 0.2) is 0 Å². The van der Waals surface area contributed by atoms with Crippen molar-refractivity contribution in [3.8, 4) is 11.1 Å². The van der Waals surface area contributed by atoms with Gasteiger partial charge in [0.1, 0.15) is 0 Å². The normalized spacial score (nSPS) is 10.6. The topological polar surface area (TPSA) is 104 Å². The summed E-state index contributed by atoms with van der Waals surface area (Å²) >= 11 is 18.4. The molecule has 8 heteroatoms. The van der Waals surface area contributed by atoms with Gasteiger partial charge in [-0.1, -0.05) is 46.9 Å². The molecule has 29 heavy (non-hydrogen) atoms. The zero-order valence-corrected chi connectivity index (χ0v) is 17.7. The number of nitrogens with one attached hydrogen (secondary N) is 3. The zero-order valence-electron chi connectivity index (χ0n) is 15.4. The maximum Gasteiger partial charge on any atom is 0.0765 e. The maximum absolute atomic E-state index is 6.22. The van der Waals surface area contributed by atoms with Gasteiger partial charge in [0.2, 0.25) is 0 Å². The van der Waals surface area contributed by atoms with E-state index in [9.17, 15) is 0 Å². The second-order valence-electron chi connectivity index (χ2n) is 6.27. The third kappa shape index (κ3) is 4.60. The van der Waals surface area contributed by atoms with Crippen LogP contribution < -0.4 is 16.8 Å². The number of H-pyrrole nitrogens is 1. The Morgan fingerprint density at radius 3 is 2.17 bits per heavy atom. The number of aromatic amines is 1. The van der Waals surface area contributed by atoms with Crippen molar-refractivity contribution in [2.24, 2.45) is 11.5 Å². The largest absolute Gasteiger partial charge is 0.390 e. The minimum atomic E-state index is 0.533. The van der Waals surface area contributed by atoms with E-state index in [0.29, 0.717) is 28.2 Å². The molecule has 3 aromatic carbocycles. The van der Waals surface area contributed by atoms with Crippen molar-refractivity contribution in [3.63, 3.8) is 0 Å². The lowest BCUT2D eigenvalue weighted by molar-refractivity contribution is 1.03. The molecule has 0 spiro atoms. The number of halogens is 3. The SMILES string of the molecule is N=CN.NCCNc1cc2c(cc1-c1ccc(Cl)cc1)[nH]c1cc(Cl)c(Cl)cc12. The van der Waals surface area contributed by atoms with Crippen LogP contribution in [0.1, 0.15) is 0 Å². The molecule has 0 aliphatic carbocycles. The average molecular weight is 449 g/mol. The number of hydrogen-bond donors (Lipinski definition) is 5. The average Bonchev–Trinajstić information content (AvgIpc) is 3.03. The first-order valence-corrected chi connectivity index (χ1v) is 9.97. The van der Waals surface area contributed by atoms with E-state index in [1.54, 1.807) is 0 Å². The monoisotopic (exact) mass is 447 g/mol. The third-order valence-corrected chi connectivity index (χ3v) is 5.37. The van der Waals surface area contributed by atoms with Crippen molar-refractivity contribution in [1.82, 2.24) is 4.98 Å². The first-order valence-electron chi connectivity index (χ1n) is 8.83. The summed E-state index contributed by atoms with van der Waals surface area (Å²) in [5, 5.41) is 13.2. The van der Waals surface area contributed by atoms with Crippen LogP contribution in [0.2, 0.25) is 15.1 Å². The fourth-order valence-corrected chi connectivity index (χ4v) is 3.62. The number of hydrogen-bond acceptors (Lipinski definition) is 3. The summed E-state index contributed by atoms with van der Waals surface area (Å²) in [6.07, 6.45) is 0.750. The minimum Gasteiger partial charge on any atom is -0.390 e. The van der Waals surface area contributed by atoms with Gasteiger partial charge in [0, 0.05) is 51.2 Å². The minimum absolute atomic E-state index is 0.533. The van der Waals surface area contributed by atoms with Crippen molar-refractivity contribution in [2.75, 3.05) is 18.4 Å². The number of nitrogens with two attached hydrogens (primary N) is 2. The standard InChI is InChI=1S/C20H16Cl3N3.CH4N2/c21-12-3-1-11(2-4-12)13-8-19-15(9-18(13)25-6-5-24)14-7-16(22)17(23)10-20(14)26-19;2-1-3/h1-4,7-10,25-26H,5-6,24H2;1H,(H3,2,3). The summed E-state index contributed by atoms with van der Waals surface area (Å²) < 4.78 is 0. The van der Waals surface area contributed by atoms with Crippen LogP contribution in [-0.2, 0) is 0 Å². The van der Waals surface area contributed by atoms with Crippen LogP contribution in [0.4, 0.5) is 5.69 Å². The molecule has 4 rings (SSSR count). The summed E-state index contributed by atoms with van der Waals surface area (Å²) in [7, 11) is 0. The van der Waals surface area contributed by atoms with Crippen molar-refractivity contribution in [1.29, 1.82) is 5.41 Å². The summed E-state index contributed by atoms with van der Waals surface area (Å²) in [5.74, 6) is 0. The van der Waals surface area contributed by atoms with Gasteiger partial charge in [-0.05, 0) is 42.0 Å². The third-order valence-electron chi connectivity index (χ3n) is 4.39. The lowest BCUT2D eigenvalue weighted by Gasteiger charge is -2.13. The smallest absolute Gasteiger partial charge is 0.0765 e. The van der Waals surface area contributed by atoms with Gasteiger partial charge in [-0.2, -0.15) is 0 Å². The Morgan fingerprint density at radius 2 is 1.52 bits per heavy atom. The molecule has 0 bridgehead atoms. The number of anilines is 1. The highest BCUT2D eigenvalue weighted by atomic mass is 35.5. The van der Waals surface area contributed by atoms with Crippen molar-refractivity contribution < 1.29 is 0 Å². The van der Waals surface area contributed by atoms with E-state index in [-0.39, 0.29) is 0 Å². The number of fused-ring (bicyclic) bond motifs is 3. The molecule has 0 saturated heterocycles. The molecule has 0 amide bonds. The quantitative estimate of drug-likeness (QED) is 0.199. The Balaban J connectivity index is 0.000000755. The Bertz CT molecular complexity index is 1150. The van der Waals surface area contributed by atoms with Crippen LogP contribution in [0.15, 0.2) is 48.5 Å². The Hall–Kier alpha value is -2.44. The molecule has 0 fully saturated rings. The maximum atomic E-state index is 6.22. The fourth-order valence-electron chi connectivity index (χ4n) is 3.17. The van der Waals surface area contributed by atoms with E-state index < -0.39 is 0 Å². The second kappa shape index (κ2) is 9.37. The molecule has 0 aliphatic heterocycles. The molecular weight excluding hydrogens is 429 g/mol. The fraction of sp³-hybridized carbons (Fsp3) is 0.0952. The molecule has 1 heterocycles. The van der Waals surface area contributed by atoms with E-state index in [0.717, 1.165) is 45.0 Å². The molecule has 5 nitrogen and oxygen atoms in total. The second-order valence-corrected chi connectivity index (χ2v) is 7.52. The predicted octanol–water partition coefficient (Wildman–Crippen LogP) is 5.87. The summed E-state index contributed by atoms with van der Waals surface area (Å²) in [5.41, 5.74) is 15.2. The summed E-state index contributed by atoms with van der Waals surface area (Å²) in [6.45, 7) is 1.23. The van der Waals surface area contributed by atoms with Gasteiger partial charge in [-0.25, -0.2) is 0 Å². The van der Waals surface area contributed by atoms with Crippen LogP contribution in [-0.4, -0.2) is 24.4 Å².